The van der Waals surface area contributed by atoms with Gasteiger partial charge in [0.2, 0.25) is 5.91 Å². The van der Waals surface area contributed by atoms with E-state index in [1.165, 1.54) is 0 Å². The number of nitrogens with one attached hydrogen (secondary N) is 4. The average molecular weight is 418 g/mol. The second kappa shape index (κ2) is 6.94. The maximum absolute atomic E-state index is 12.8. The first-order chi connectivity index (χ1) is 14.8. The minimum Gasteiger partial charge on any atom is -0.351 e. The number of carbonyl (C=O) groups is 4. The van der Waals surface area contributed by atoms with Crippen molar-refractivity contribution in [2.75, 3.05) is 11.9 Å². The van der Waals surface area contributed by atoms with Crippen molar-refractivity contribution in [1.82, 2.24) is 16.0 Å². The van der Waals surface area contributed by atoms with Crippen LogP contribution in [-0.4, -0.2) is 35.8 Å². The quantitative estimate of drug-likeness (QED) is 0.566. The van der Waals surface area contributed by atoms with Gasteiger partial charge in [0.15, 0.2) is 0 Å². The number of amides is 5. The average Bonchev–Trinajstić information content (AvgIpc) is 3.19. The number of hydrogen-bond acceptors (Lipinski definition) is 4. The number of anilines is 1. The maximum atomic E-state index is 12.8. The van der Waals surface area contributed by atoms with Crippen LogP contribution in [0, 0.1) is 6.92 Å². The van der Waals surface area contributed by atoms with E-state index in [0.29, 0.717) is 24.8 Å². The van der Waals surface area contributed by atoms with Crippen LogP contribution >= 0.6 is 0 Å². The molecule has 1 spiro atoms. The monoisotopic (exact) mass is 418 g/mol. The lowest BCUT2D eigenvalue weighted by Crippen LogP contribution is -2.51. The summed E-state index contributed by atoms with van der Waals surface area (Å²) in [6.07, 6.45) is 1.48. The van der Waals surface area contributed by atoms with Crippen LogP contribution in [0.1, 0.15) is 45.0 Å². The van der Waals surface area contributed by atoms with Gasteiger partial charge in [-0.2, -0.15) is 0 Å². The summed E-state index contributed by atoms with van der Waals surface area (Å²) in [5.74, 6) is -1.08. The molecule has 1 saturated heterocycles. The summed E-state index contributed by atoms with van der Waals surface area (Å²) < 4.78 is 0. The Kier molecular flexibility index (Phi) is 4.32. The molecule has 1 aliphatic carbocycles. The molecule has 5 rings (SSSR count). The third-order valence-corrected chi connectivity index (χ3v) is 6.42. The second-order valence-corrected chi connectivity index (χ2v) is 8.49. The number of rotatable bonds is 3. The summed E-state index contributed by atoms with van der Waals surface area (Å²) in [5.41, 5.74) is 4.31. The molecule has 5 amide bonds. The normalized spacial score (nSPS) is 23.6. The molecule has 0 radical (unpaired) electrons. The number of aryl methyl sites for hydroxylation is 2. The molecule has 3 aliphatic rings. The predicted molar refractivity (Wildman–Crippen MR) is 113 cm³/mol. The summed E-state index contributed by atoms with van der Waals surface area (Å²) in [4.78, 5) is 48.8. The lowest BCUT2D eigenvalue weighted by molar-refractivity contribution is -0.124. The van der Waals surface area contributed by atoms with Crippen LogP contribution in [0.15, 0.2) is 36.4 Å². The third-order valence-electron chi connectivity index (χ3n) is 6.42. The highest BCUT2D eigenvalue weighted by Gasteiger charge is 2.47. The first-order valence-electron chi connectivity index (χ1n) is 10.3. The van der Waals surface area contributed by atoms with Gasteiger partial charge in [-0.15, -0.1) is 0 Å². The van der Waals surface area contributed by atoms with Crippen molar-refractivity contribution in [2.45, 2.75) is 37.6 Å². The maximum Gasteiger partial charge on any atom is 0.322 e. The largest absolute Gasteiger partial charge is 0.351 e. The minimum absolute atomic E-state index is 0.117. The van der Waals surface area contributed by atoms with Crippen molar-refractivity contribution in [3.8, 4) is 0 Å². The van der Waals surface area contributed by atoms with Gasteiger partial charge >= 0.3 is 6.03 Å². The van der Waals surface area contributed by atoms with E-state index < -0.39 is 17.5 Å². The van der Waals surface area contributed by atoms with Crippen LogP contribution in [0.4, 0.5) is 10.5 Å². The Labute approximate surface area is 178 Å². The number of carbonyl (C=O) groups excluding carboxylic acids is 4. The van der Waals surface area contributed by atoms with E-state index in [1.807, 2.05) is 37.3 Å². The molecule has 2 atom stereocenters. The number of hydrogen-bond donors (Lipinski definition) is 4. The van der Waals surface area contributed by atoms with Crippen LogP contribution < -0.4 is 21.3 Å². The molecule has 0 bridgehead atoms. The van der Waals surface area contributed by atoms with Crippen LogP contribution in [0.25, 0.3) is 0 Å². The lowest BCUT2D eigenvalue weighted by Gasteiger charge is -2.32. The van der Waals surface area contributed by atoms with Crippen LogP contribution in [0.5, 0.6) is 0 Å². The van der Waals surface area contributed by atoms with Crippen molar-refractivity contribution in [1.29, 1.82) is 0 Å². The Bertz CT molecular complexity index is 1160. The fourth-order valence-electron chi connectivity index (χ4n) is 4.71. The Morgan fingerprint density at radius 2 is 1.94 bits per heavy atom. The van der Waals surface area contributed by atoms with E-state index in [0.717, 1.165) is 27.9 Å². The fraction of sp³-hybridized carbons (Fsp3) is 0.304. The van der Waals surface area contributed by atoms with Gasteiger partial charge in [0, 0.05) is 24.2 Å². The highest BCUT2D eigenvalue weighted by molar-refractivity contribution is 6.07. The molecule has 2 heterocycles. The molecule has 0 saturated carbocycles. The Morgan fingerprint density at radius 1 is 1.10 bits per heavy atom. The van der Waals surface area contributed by atoms with Crippen molar-refractivity contribution in [2.24, 2.45) is 0 Å². The van der Waals surface area contributed by atoms with Crippen molar-refractivity contribution < 1.29 is 19.2 Å². The molecule has 4 N–H and O–H groups in total. The summed E-state index contributed by atoms with van der Waals surface area (Å²) >= 11 is 0. The molecule has 8 heteroatoms. The predicted octanol–water partition coefficient (Wildman–Crippen LogP) is 1.53. The summed E-state index contributed by atoms with van der Waals surface area (Å²) in [7, 11) is 0. The first kappa shape index (κ1) is 19.3. The SMILES string of the molecule is Cc1ccc2c(c1)C(CNC(=O)c1ccc3c(c1)CCC1(C3)NC(=O)NC1=O)C(=O)N2. The number of benzene rings is 2. The standard InChI is InChI=1S/C23H22N4O4/c1-12-2-5-18-16(8-12)17(20(29)25-18)11-24-19(28)14-3-4-15-10-23(7-6-13(15)9-14)21(30)26-22(31)27-23/h2-5,8-9,17H,6-7,10-11H2,1H3,(H,24,28)(H,25,29)(H2,26,27,30,31). The van der Waals surface area contributed by atoms with Gasteiger partial charge in [0.25, 0.3) is 11.8 Å². The van der Waals surface area contributed by atoms with E-state index in [9.17, 15) is 19.2 Å². The van der Waals surface area contributed by atoms with Crippen LogP contribution in [0.3, 0.4) is 0 Å². The number of fused-ring (bicyclic) bond motifs is 2. The summed E-state index contributed by atoms with van der Waals surface area (Å²) in [5, 5.41) is 10.8. The fourth-order valence-corrected chi connectivity index (χ4v) is 4.71. The molecule has 2 aromatic rings. The van der Waals surface area contributed by atoms with Crippen molar-refractivity contribution in [3.05, 3.63) is 64.2 Å². The molecule has 31 heavy (non-hydrogen) atoms. The highest BCUT2D eigenvalue weighted by atomic mass is 16.2. The molecule has 2 aliphatic heterocycles. The zero-order chi connectivity index (χ0) is 21.8. The van der Waals surface area contributed by atoms with E-state index in [4.69, 9.17) is 0 Å². The summed E-state index contributed by atoms with van der Waals surface area (Å²) in [6, 6.07) is 10.7. The highest BCUT2D eigenvalue weighted by Crippen LogP contribution is 2.33. The van der Waals surface area contributed by atoms with Crippen LogP contribution in [-0.2, 0) is 22.4 Å². The molecular formula is C23H22N4O4. The van der Waals surface area contributed by atoms with Gasteiger partial charge in [0.1, 0.15) is 5.54 Å². The van der Waals surface area contributed by atoms with E-state index in [-0.39, 0.29) is 24.3 Å². The Balaban J connectivity index is 1.29. The van der Waals surface area contributed by atoms with Gasteiger partial charge in [-0.1, -0.05) is 23.8 Å². The van der Waals surface area contributed by atoms with Gasteiger partial charge in [-0.05, 0) is 54.7 Å². The van der Waals surface area contributed by atoms with E-state index in [1.54, 1.807) is 6.07 Å². The van der Waals surface area contributed by atoms with Gasteiger partial charge in [-0.3, -0.25) is 19.7 Å². The lowest BCUT2D eigenvalue weighted by atomic mass is 9.77. The number of urea groups is 1. The summed E-state index contributed by atoms with van der Waals surface area (Å²) in [6.45, 7) is 2.18. The molecule has 0 aromatic heterocycles. The second-order valence-electron chi connectivity index (χ2n) is 8.49. The van der Waals surface area contributed by atoms with Gasteiger partial charge in [0.05, 0.1) is 5.92 Å². The molecule has 2 aromatic carbocycles. The van der Waals surface area contributed by atoms with Crippen molar-refractivity contribution >= 4 is 29.4 Å². The zero-order valence-corrected chi connectivity index (χ0v) is 17.0. The zero-order valence-electron chi connectivity index (χ0n) is 17.0. The third kappa shape index (κ3) is 3.24. The molecule has 158 valence electrons. The van der Waals surface area contributed by atoms with E-state index in [2.05, 4.69) is 21.3 Å². The van der Waals surface area contributed by atoms with Crippen molar-refractivity contribution in [3.63, 3.8) is 0 Å². The smallest absolute Gasteiger partial charge is 0.322 e. The van der Waals surface area contributed by atoms with E-state index >= 15 is 0 Å². The van der Waals surface area contributed by atoms with Gasteiger partial charge < -0.3 is 16.0 Å². The van der Waals surface area contributed by atoms with Gasteiger partial charge in [-0.25, -0.2) is 4.79 Å². The Hall–Kier alpha value is -3.68. The Morgan fingerprint density at radius 3 is 2.71 bits per heavy atom. The molecular weight excluding hydrogens is 396 g/mol. The minimum atomic E-state index is -0.894. The molecule has 2 unspecified atom stereocenters. The first-order valence-corrected chi connectivity index (χ1v) is 10.3. The molecule has 1 fully saturated rings. The number of imide groups is 1. The molecule has 8 nitrogen and oxygen atoms in total. The topological polar surface area (TPSA) is 116 Å². The van der Waals surface area contributed by atoms with Crippen LogP contribution in [0.2, 0.25) is 0 Å².